The van der Waals surface area contributed by atoms with Gasteiger partial charge in [0.2, 0.25) is 11.5 Å². The Morgan fingerprint density at radius 2 is 2.00 bits per heavy atom. The minimum absolute atomic E-state index is 0.0404. The maximum Gasteiger partial charge on any atom is 0.248 e. The second-order valence-corrected chi connectivity index (χ2v) is 8.28. The van der Waals surface area contributed by atoms with E-state index in [0.29, 0.717) is 6.54 Å². The number of anilines is 2. The molecule has 0 radical (unpaired) electrons. The van der Waals surface area contributed by atoms with Crippen LogP contribution in [0.2, 0.25) is 5.02 Å². The molecule has 0 spiro atoms. The van der Waals surface area contributed by atoms with Crippen LogP contribution in [0.15, 0.2) is 53.3 Å². The third-order valence-electron chi connectivity index (χ3n) is 5.63. The summed E-state index contributed by atoms with van der Waals surface area (Å²) in [5.41, 5.74) is 3.58. The van der Waals surface area contributed by atoms with Crippen molar-refractivity contribution in [3.63, 3.8) is 0 Å². The number of carbonyl (C=O) groups excluding carboxylic acids is 1. The molecule has 1 amide bonds. The van der Waals surface area contributed by atoms with E-state index in [1.54, 1.807) is 12.1 Å². The van der Waals surface area contributed by atoms with E-state index in [0.717, 1.165) is 46.8 Å². The first-order chi connectivity index (χ1) is 14.4. The minimum Gasteiger partial charge on any atom is -0.369 e. The molecule has 1 aromatic heterocycles. The number of amides is 1. The van der Waals surface area contributed by atoms with Gasteiger partial charge in [-0.3, -0.25) is 14.5 Å². The van der Waals surface area contributed by atoms with Gasteiger partial charge in [-0.2, -0.15) is 0 Å². The average Bonchev–Trinajstić information content (AvgIpc) is 2.71. The lowest BCUT2D eigenvalue weighted by molar-refractivity contribution is -0.117. The Balaban J connectivity index is 1.36. The standard InChI is InChI=1S/C23H25ClN4O2/c1-15-11-19(5-6-20(15)24)28-10-9-27(16(2)13-28)14-23(30)25-18-4-7-21-17(12-18)3-8-22(29)26-21/h3-8,11-12,16H,9-10,13-14H2,1-2H3,(H,25,30)(H,26,29)/t16-/m1/s1. The van der Waals surface area contributed by atoms with E-state index in [9.17, 15) is 9.59 Å². The number of H-pyrrole nitrogens is 1. The number of piperazine rings is 1. The van der Waals surface area contributed by atoms with Crippen molar-refractivity contribution in [2.75, 3.05) is 36.4 Å². The fraction of sp³-hybridized carbons (Fsp3) is 0.304. The van der Waals surface area contributed by atoms with Crippen molar-refractivity contribution in [1.29, 1.82) is 0 Å². The molecule has 1 fully saturated rings. The fourth-order valence-corrected chi connectivity index (χ4v) is 4.02. The Hall–Kier alpha value is -2.83. The number of fused-ring (bicyclic) bond motifs is 1. The van der Waals surface area contributed by atoms with Crippen LogP contribution in [-0.2, 0) is 4.79 Å². The maximum atomic E-state index is 12.6. The number of aromatic nitrogens is 1. The summed E-state index contributed by atoms with van der Waals surface area (Å²) in [4.78, 5) is 31.3. The third-order valence-corrected chi connectivity index (χ3v) is 6.05. The Labute approximate surface area is 180 Å². The number of nitrogens with zero attached hydrogens (tertiary/aromatic N) is 2. The molecule has 0 saturated carbocycles. The predicted molar refractivity (Wildman–Crippen MR) is 123 cm³/mol. The average molecular weight is 425 g/mol. The van der Waals surface area contributed by atoms with Crippen molar-refractivity contribution in [1.82, 2.24) is 9.88 Å². The Morgan fingerprint density at radius 3 is 2.77 bits per heavy atom. The van der Waals surface area contributed by atoms with Gasteiger partial charge in [-0.15, -0.1) is 0 Å². The van der Waals surface area contributed by atoms with E-state index >= 15 is 0 Å². The number of pyridine rings is 1. The van der Waals surface area contributed by atoms with E-state index in [2.05, 4.69) is 39.2 Å². The van der Waals surface area contributed by atoms with E-state index < -0.39 is 0 Å². The van der Waals surface area contributed by atoms with Gasteiger partial charge >= 0.3 is 0 Å². The lowest BCUT2D eigenvalue weighted by Crippen LogP contribution is -2.53. The molecule has 0 unspecified atom stereocenters. The van der Waals surface area contributed by atoms with Crippen molar-refractivity contribution in [3.05, 3.63) is 69.5 Å². The van der Waals surface area contributed by atoms with Crippen LogP contribution in [0.3, 0.4) is 0 Å². The topological polar surface area (TPSA) is 68.4 Å². The summed E-state index contributed by atoms with van der Waals surface area (Å²) in [5.74, 6) is -0.0404. The monoisotopic (exact) mass is 424 g/mol. The molecular weight excluding hydrogens is 400 g/mol. The van der Waals surface area contributed by atoms with Crippen molar-refractivity contribution in [3.8, 4) is 0 Å². The number of hydrogen-bond acceptors (Lipinski definition) is 4. The zero-order chi connectivity index (χ0) is 21.3. The number of carbonyl (C=O) groups is 1. The molecule has 7 heteroatoms. The zero-order valence-electron chi connectivity index (χ0n) is 17.1. The highest BCUT2D eigenvalue weighted by Gasteiger charge is 2.25. The number of rotatable bonds is 4. The van der Waals surface area contributed by atoms with E-state index in [-0.39, 0.29) is 17.5 Å². The van der Waals surface area contributed by atoms with Gasteiger partial charge in [-0.25, -0.2) is 0 Å². The van der Waals surface area contributed by atoms with Crippen molar-refractivity contribution in [2.45, 2.75) is 19.9 Å². The summed E-state index contributed by atoms with van der Waals surface area (Å²) in [6.45, 7) is 7.04. The molecular formula is C23H25ClN4O2. The second kappa shape index (κ2) is 8.50. The quantitative estimate of drug-likeness (QED) is 0.671. The molecule has 156 valence electrons. The Bertz CT molecular complexity index is 1140. The summed E-state index contributed by atoms with van der Waals surface area (Å²) in [7, 11) is 0. The molecule has 3 aromatic rings. The molecule has 0 aliphatic carbocycles. The van der Waals surface area contributed by atoms with Crippen molar-refractivity contribution in [2.24, 2.45) is 0 Å². The van der Waals surface area contributed by atoms with Gasteiger partial charge in [0.25, 0.3) is 0 Å². The molecule has 1 saturated heterocycles. The van der Waals surface area contributed by atoms with Gasteiger partial charge < -0.3 is 15.2 Å². The summed E-state index contributed by atoms with van der Waals surface area (Å²) < 4.78 is 0. The largest absolute Gasteiger partial charge is 0.369 e. The van der Waals surface area contributed by atoms with Gasteiger partial charge in [0.15, 0.2) is 0 Å². The molecule has 4 rings (SSSR count). The van der Waals surface area contributed by atoms with Gasteiger partial charge in [-0.1, -0.05) is 11.6 Å². The molecule has 1 atom stereocenters. The lowest BCUT2D eigenvalue weighted by Gasteiger charge is -2.40. The number of hydrogen-bond donors (Lipinski definition) is 2. The molecule has 2 heterocycles. The summed E-state index contributed by atoms with van der Waals surface area (Å²) in [6, 6.07) is 15.1. The highest BCUT2D eigenvalue weighted by Crippen LogP contribution is 2.25. The fourth-order valence-electron chi connectivity index (χ4n) is 3.91. The molecule has 2 aromatic carbocycles. The first-order valence-corrected chi connectivity index (χ1v) is 10.4. The zero-order valence-corrected chi connectivity index (χ0v) is 17.9. The molecule has 1 aliphatic rings. The van der Waals surface area contributed by atoms with Crippen molar-refractivity contribution >= 4 is 39.8 Å². The number of aryl methyl sites for hydroxylation is 1. The maximum absolute atomic E-state index is 12.6. The van der Waals surface area contributed by atoms with Gasteiger partial charge in [-0.05, 0) is 61.9 Å². The number of nitrogens with one attached hydrogen (secondary N) is 2. The molecule has 0 bridgehead atoms. The first kappa shape index (κ1) is 20.4. The third kappa shape index (κ3) is 4.50. The van der Waals surface area contributed by atoms with Gasteiger partial charge in [0.1, 0.15) is 0 Å². The highest BCUT2D eigenvalue weighted by atomic mass is 35.5. The van der Waals surface area contributed by atoms with Crippen LogP contribution >= 0.6 is 11.6 Å². The van der Waals surface area contributed by atoms with Crippen molar-refractivity contribution < 1.29 is 4.79 Å². The van der Waals surface area contributed by atoms with E-state index in [1.807, 2.05) is 25.1 Å². The summed E-state index contributed by atoms with van der Waals surface area (Å²) in [5, 5.41) is 4.63. The number of halogens is 1. The van der Waals surface area contributed by atoms with E-state index in [1.165, 1.54) is 11.8 Å². The first-order valence-electron chi connectivity index (χ1n) is 10.1. The Morgan fingerprint density at radius 1 is 1.17 bits per heavy atom. The molecule has 2 N–H and O–H groups in total. The highest BCUT2D eigenvalue weighted by molar-refractivity contribution is 6.31. The lowest BCUT2D eigenvalue weighted by atomic mass is 10.1. The van der Waals surface area contributed by atoms with Crippen LogP contribution < -0.4 is 15.8 Å². The molecule has 30 heavy (non-hydrogen) atoms. The summed E-state index contributed by atoms with van der Waals surface area (Å²) in [6.07, 6.45) is 0. The predicted octanol–water partition coefficient (Wildman–Crippen LogP) is 3.64. The molecule has 6 nitrogen and oxygen atoms in total. The van der Waals surface area contributed by atoms with E-state index in [4.69, 9.17) is 11.6 Å². The minimum atomic E-state index is -0.138. The van der Waals surface area contributed by atoms with Crippen LogP contribution in [0.1, 0.15) is 12.5 Å². The van der Waals surface area contributed by atoms with Crippen LogP contribution in [0.5, 0.6) is 0 Å². The van der Waals surface area contributed by atoms with Crippen LogP contribution in [0.4, 0.5) is 11.4 Å². The van der Waals surface area contributed by atoms with Crippen LogP contribution in [-0.4, -0.2) is 48.0 Å². The SMILES string of the molecule is Cc1cc(N2CCN(CC(=O)Nc3ccc4[nH]c(=O)ccc4c3)[C@H](C)C2)ccc1Cl. The van der Waals surface area contributed by atoms with Crippen LogP contribution in [0.25, 0.3) is 10.9 Å². The summed E-state index contributed by atoms with van der Waals surface area (Å²) >= 11 is 6.15. The van der Waals surface area contributed by atoms with Crippen LogP contribution in [0, 0.1) is 6.92 Å². The number of aromatic amines is 1. The normalized spacial score (nSPS) is 17.3. The Kier molecular flexibility index (Phi) is 5.79. The van der Waals surface area contributed by atoms with Gasteiger partial charge in [0.05, 0.1) is 6.54 Å². The molecule has 1 aliphatic heterocycles. The smallest absolute Gasteiger partial charge is 0.248 e. The van der Waals surface area contributed by atoms with Gasteiger partial charge in [0, 0.05) is 59.0 Å². The number of benzene rings is 2. The second-order valence-electron chi connectivity index (χ2n) is 7.87.